The van der Waals surface area contributed by atoms with Gasteiger partial charge in [0, 0.05) is 39.0 Å². The quantitative estimate of drug-likeness (QED) is 0.251. The second-order valence-electron chi connectivity index (χ2n) is 7.74. The monoisotopic (exact) mass is 506 g/mol. The van der Waals surface area contributed by atoms with Crippen LogP contribution in [0, 0.1) is 0 Å². The Labute approximate surface area is 208 Å². The predicted octanol–water partition coefficient (Wildman–Crippen LogP) is 5.26. The van der Waals surface area contributed by atoms with Gasteiger partial charge in [0.15, 0.2) is 0 Å². The van der Waals surface area contributed by atoms with Gasteiger partial charge in [0.25, 0.3) is 0 Å². The number of fused-ring (bicyclic) bond motifs is 1. The van der Waals surface area contributed by atoms with E-state index in [0.717, 1.165) is 23.6 Å². The molecule has 2 aromatic rings. The summed E-state index contributed by atoms with van der Waals surface area (Å²) >= 11 is 0. The van der Waals surface area contributed by atoms with Crippen molar-refractivity contribution >= 4 is 31.8 Å². The van der Waals surface area contributed by atoms with E-state index < -0.39 is 21.0 Å². The Morgan fingerprint density at radius 3 is 1.66 bits per heavy atom. The topological polar surface area (TPSA) is 104 Å². The number of carbonyl (C=O) groups is 2. The molecule has 0 saturated carbocycles. The molecule has 2 amide bonds. The lowest BCUT2D eigenvalue weighted by atomic mass is 10.1. The highest BCUT2D eigenvalue weighted by atomic mass is 28.4. The predicted molar refractivity (Wildman–Crippen MR) is 137 cm³/mol. The van der Waals surface area contributed by atoms with E-state index in [9.17, 15) is 9.59 Å². The Hall–Kier alpha value is -2.66. The minimum Gasteiger partial charge on any atom is -0.410 e. The zero-order chi connectivity index (χ0) is 25.5. The van der Waals surface area contributed by atoms with Crippen LogP contribution in [0.3, 0.4) is 0 Å². The van der Waals surface area contributed by atoms with Crippen LogP contribution in [0.1, 0.15) is 47.0 Å². The van der Waals surface area contributed by atoms with Crippen molar-refractivity contribution in [1.82, 2.24) is 10.6 Å². The Morgan fingerprint density at radius 1 is 0.714 bits per heavy atom. The van der Waals surface area contributed by atoms with Gasteiger partial charge in [-0.1, -0.05) is 25.5 Å². The average Bonchev–Trinajstić information content (AvgIpc) is 2.82. The number of unbranched alkanes of at least 4 members (excludes halogenated alkanes) is 1. The van der Waals surface area contributed by atoms with Crippen LogP contribution in [0.15, 0.2) is 36.4 Å². The maximum Gasteiger partial charge on any atom is 0.500 e. The molecular weight excluding hydrogens is 468 g/mol. The number of amides is 2. The molecule has 35 heavy (non-hydrogen) atoms. The molecule has 0 unspecified atom stereocenters. The summed E-state index contributed by atoms with van der Waals surface area (Å²) in [6, 6.07) is 11.2. The summed E-state index contributed by atoms with van der Waals surface area (Å²) in [7, 11) is -2.73. The van der Waals surface area contributed by atoms with Crippen LogP contribution in [0.4, 0.5) is 9.59 Å². The van der Waals surface area contributed by atoms with Crippen LogP contribution in [0.5, 0.6) is 11.5 Å². The Balaban J connectivity index is 1.89. The number of ether oxygens (including phenoxy) is 2. The number of rotatable bonds is 15. The second kappa shape index (κ2) is 15.4. The fraction of sp³-hybridized carbons (Fsp3) is 0.520. The van der Waals surface area contributed by atoms with Gasteiger partial charge in [0.2, 0.25) is 0 Å². The van der Waals surface area contributed by atoms with Crippen LogP contribution < -0.4 is 20.1 Å². The number of hydrogen-bond donors (Lipinski definition) is 2. The molecule has 0 spiro atoms. The molecule has 0 radical (unpaired) electrons. The van der Waals surface area contributed by atoms with Crippen molar-refractivity contribution in [3.8, 4) is 11.5 Å². The van der Waals surface area contributed by atoms with E-state index in [2.05, 4.69) is 17.6 Å². The molecule has 194 valence electrons. The summed E-state index contributed by atoms with van der Waals surface area (Å²) < 4.78 is 28.3. The summed E-state index contributed by atoms with van der Waals surface area (Å²) in [4.78, 5) is 24.2. The highest BCUT2D eigenvalue weighted by Crippen LogP contribution is 2.25. The molecule has 2 aromatic carbocycles. The Kier molecular flexibility index (Phi) is 12.5. The molecule has 2 rings (SSSR count). The molecule has 0 aliphatic rings. The molecule has 0 heterocycles. The third kappa shape index (κ3) is 9.85. The molecule has 0 aliphatic heterocycles. The lowest BCUT2D eigenvalue weighted by molar-refractivity contribution is 0.0707. The maximum absolute atomic E-state index is 12.3. The molecular formula is C25H38N2O7Si. The van der Waals surface area contributed by atoms with Crippen LogP contribution in [-0.2, 0) is 13.3 Å². The van der Waals surface area contributed by atoms with Gasteiger partial charge in [-0.25, -0.2) is 9.59 Å². The van der Waals surface area contributed by atoms with Crippen LogP contribution in [-0.4, -0.2) is 53.9 Å². The van der Waals surface area contributed by atoms with E-state index in [1.165, 1.54) is 0 Å². The SMILES string of the molecule is CCCCNC(=O)Oc1ccc2ccc(OC(=O)NCCC[Si](OCC)(OCC)OCC)cc2c1. The van der Waals surface area contributed by atoms with Crippen molar-refractivity contribution in [3.05, 3.63) is 36.4 Å². The fourth-order valence-corrected chi connectivity index (χ4v) is 6.09. The van der Waals surface area contributed by atoms with Gasteiger partial charge >= 0.3 is 21.0 Å². The molecule has 0 atom stereocenters. The van der Waals surface area contributed by atoms with Gasteiger partial charge in [-0.15, -0.1) is 0 Å². The smallest absolute Gasteiger partial charge is 0.410 e. The molecule has 0 aromatic heterocycles. The van der Waals surface area contributed by atoms with E-state index >= 15 is 0 Å². The molecule has 2 N–H and O–H groups in total. The first-order chi connectivity index (χ1) is 16.9. The Morgan fingerprint density at radius 2 is 1.20 bits per heavy atom. The number of nitrogens with one attached hydrogen (secondary N) is 2. The largest absolute Gasteiger partial charge is 0.500 e. The molecule has 0 bridgehead atoms. The van der Waals surface area contributed by atoms with Gasteiger partial charge in [-0.2, -0.15) is 0 Å². The van der Waals surface area contributed by atoms with E-state index in [1.54, 1.807) is 24.3 Å². The summed E-state index contributed by atoms with van der Waals surface area (Å²) in [6.45, 7) is 10.3. The molecule has 10 heteroatoms. The number of carbonyl (C=O) groups excluding carboxylic acids is 2. The average molecular weight is 507 g/mol. The van der Waals surface area contributed by atoms with E-state index in [1.807, 2.05) is 32.9 Å². The highest BCUT2D eigenvalue weighted by molar-refractivity contribution is 6.60. The van der Waals surface area contributed by atoms with Gasteiger partial charge in [0.05, 0.1) is 0 Å². The molecule has 9 nitrogen and oxygen atoms in total. The normalized spacial score (nSPS) is 11.3. The number of benzene rings is 2. The van der Waals surface area contributed by atoms with Gasteiger partial charge in [-0.05, 0) is 68.7 Å². The molecule has 0 aliphatic carbocycles. The number of hydrogen-bond acceptors (Lipinski definition) is 7. The second-order valence-corrected chi connectivity index (χ2v) is 10.5. The zero-order valence-corrected chi connectivity index (χ0v) is 22.2. The van der Waals surface area contributed by atoms with Crippen molar-refractivity contribution < 1.29 is 32.3 Å². The lowest BCUT2D eigenvalue weighted by Gasteiger charge is -2.28. The van der Waals surface area contributed by atoms with Crippen molar-refractivity contribution in [2.75, 3.05) is 32.9 Å². The minimum absolute atomic E-state index is 0.390. The van der Waals surface area contributed by atoms with E-state index in [0.29, 0.717) is 56.9 Å². The third-order valence-electron chi connectivity index (χ3n) is 5.03. The van der Waals surface area contributed by atoms with Crippen molar-refractivity contribution in [2.45, 2.75) is 53.0 Å². The van der Waals surface area contributed by atoms with Crippen molar-refractivity contribution in [2.24, 2.45) is 0 Å². The van der Waals surface area contributed by atoms with Crippen molar-refractivity contribution in [3.63, 3.8) is 0 Å². The summed E-state index contributed by atoms with van der Waals surface area (Å²) in [5.41, 5.74) is 0. The van der Waals surface area contributed by atoms with Gasteiger partial charge in [-0.3, -0.25) is 0 Å². The van der Waals surface area contributed by atoms with Gasteiger partial charge in [0.1, 0.15) is 11.5 Å². The van der Waals surface area contributed by atoms with Gasteiger partial charge < -0.3 is 33.4 Å². The summed E-state index contributed by atoms with van der Waals surface area (Å²) in [5.74, 6) is 0.805. The zero-order valence-electron chi connectivity index (χ0n) is 21.2. The van der Waals surface area contributed by atoms with Crippen LogP contribution >= 0.6 is 0 Å². The van der Waals surface area contributed by atoms with E-state index in [4.69, 9.17) is 22.8 Å². The summed E-state index contributed by atoms with van der Waals surface area (Å²) in [6.07, 6.45) is 1.48. The maximum atomic E-state index is 12.3. The molecule has 0 fully saturated rings. The van der Waals surface area contributed by atoms with E-state index in [-0.39, 0.29) is 0 Å². The standard InChI is InChI=1S/C25H38N2O7Si/c1-5-9-15-26-24(28)33-22-13-11-20-12-14-23(19-21(20)18-22)34-25(29)27-16-10-17-35(30-6-2,31-7-3)32-8-4/h11-14,18-19H,5-10,15-17H2,1-4H3,(H,26,28)(H,27,29). The third-order valence-corrected chi connectivity index (χ3v) is 8.18. The lowest BCUT2D eigenvalue weighted by Crippen LogP contribution is -2.46. The first-order valence-electron chi connectivity index (χ1n) is 12.3. The Bertz CT molecular complexity index is 924. The highest BCUT2D eigenvalue weighted by Gasteiger charge is 2.39. The first kappa shape index (κ1) is 28.6. The first-order valence-corrected chi connectivity index (χ1v) is 14.3. The van der Waals surface area contributed by atoms with Crippen molar-refractivity contribution in [1.29, 1.82) is 0 Å². The van der Waals surface area contributed by atoms with Crippen LogP contribution in [0.25, 0.3) is 10.8 Å². The minimum atomic E-state index is -2.73. The summed E-state index contributed by atoms with van der Waals surface area (Å²) in [5, 5.41) is 7.19. The molecule has 0 saturated heterocycles. The van der Waals surface area contributed by atoms with Crippen LogP contribution in [0.2, 0.25) is 6.04 Å². The fourth-order valence-electron chi connectivity index (χ4n) is 3.48.